The topological polar surface area (TPSA) is 157 Å². The maximum absolute atomic E-state index is 12.1. The van der Waals surface area contributed by atoms with Crippen molar-refractivity contribution in [2.75, 3.05) is 0 Å². The lowest BCUT2D eigenvalue weighted by Gasteiger charge is -2.06. The van der Waals surface area contributed by atoms with Crippen LogP contribution in [-0.2, 0) is 0 Å². The maximum atomic E-state index is 12.1. The molecular weight excluding hydrogens is 488 g/mol. The third kappa shape index (κ3) is 5.43. The van der Waals surface area contributed by atoms with E-state index in [2.05, 4.69) is 26.5 Å². The molecule has 0 atom stereocenters. The standard InChI is InChI=1S/C20H13BrN4O7/c21-13-3-7-18(26)16(9-13)20(27)23-22-11-12-1-5-15(6-2-12)32-19-8-4-14(24(28)29)10-17(19)25(30)31/h1-11,26H,(H,23,27)/b22-11+. The van der Waals surface area contributed by atoms with E-state index in [-0.39, 0.29) is 22.8 Å². The number of halogens is 1. The first-order chi connectivity index (χ1) is 15.2. The van der Waals surface area contributed by atoms with Crippen molar-refractivity contribution in [2.45, 2.75) is 0 Å². The lowest BCUT2D eigenvalue weighted by molar-refractivity contribution is -0.394. The van der Waals surface area contributed by atoms with E-state index in [0.29, 0.717) is 10.0 Å². The summed E-state index contributed by atoms with van der Waals surface area (Å²) in [7, 11) is 0. The molecule has 0 bridgehead atoms. The molecule has 0 aliphatic carbocycles. The molecule has 3 aromatic carbocycles. The molecule has 162 valence electrons. The first-order valence-corrected chi connectivity index (χ1v) is 9.56. The molecule has 0 spiro atoms. The number of phenolic OH excluding ortho intramolecular Hbond substituents is 1. The number of nitro groups is 2. The predicted octanol–water partition coefficient (Wildman–Crippen LogP) is 4.53. The number of phenols is 1. The monoisotopic (exact) mass is 500 g/mol. The zero-order valence-corrected chi connectivity index (χ0v) is 17.6. The van der Waals surface area contributed by atoms with Gasteiger partial charge in [-0.2, -0.15) is 5.10 Å². The van der Waals surface area contributed by atoms with E-state index in [1.54, 1.807) is 18.2 Å². The van der Waals surface area contributed by atoms with E-state index < -0.39 is 27.1 Å². The molecule has 0 aliphatic rings. The second kappa shape index (κ2) is 9.66. The van der Waals surface area contributed by atoms with E-state index in [1.165, 1.54) is 30.5 Å². The van der Waals surface area contributed by atoms with Crippen LogP contribution in [0.15, 0.2) is 70.2 Å². The molecule has 0 fully saturated rings. The summed E-state index contributed by atoms with van der Waals surface area (Å²) in [6.07, 6.45) is 1.35. The molecule has 2 N–H and O–H groups in total. The molecule has 0 aromatic heterocycles. The zero-order valence-electron chi connectivity index (χ0n) is 16.0. The lowest BCUT2D eigenvalue weighted by Crippen LogP contribution is -2.17. The number of rotatable bonds is 7. The first kappa shape index (κ1) is 22.4. The highest BCUT2D eigenvalue weighted by Crippen LogP contribution is 2.34. The second-order valence-electron chi connectivity index (χ2n) is 6.20. The van der Waals surface area contributed by atoms with Crippen molar-refractivity contribution >= 4 is 39.4 Å². The molecule has 0 unspecified atom stereocenters. The van der Waals surface area contributed by atoms with Crippen molar-refractivity contribution in [3.63, 3.8) is 0 Å². The summed E-state index contributed by atoms with van der Waals surface area (Å²) in [5.74, 6) is -0.696. The molecule has 1 amide bonds. The van der Waals surface area contributed by atoms with E-state index in [9.17, 15) is 30.1 Å². The van der Waals surface area contributed by atoms with E-state index in [0.717, 1.165) is 18.2 Å². The summed E-state index contributed by atoms with van der Waals surface area (Å²) in [5.41, 5.74) is 1.96. The van der Waals surface area contributed by atoms with Crippen LogP contribution in [0.3, 0.4) is 0 Å². The van der Waals surface area contributed by atoms with Gasteiger partial charge in [-0.05, 0) is 54.1 Å². The van der Waals surface area contributed by atoms with Crippen LogP contribution in [0.5, 0.6) is 17.2 Å². The van der Waals surface area contributed by atoms with Gasteiger partial charge < -0.3 is 9.84 Å². The number of hydrogen-bond donors (Lipinski definition) is 2. The van der Waals surface area contributed by atoms with Gasteiger partial charge in [-0.25, -0.2) is 5.43 Å². The van der Waals surface area contributed by atoms with Crippen LogP contribution in [0.4, 0.5) is 11.4 Å². The highest BCUT2D eigenvalue weighted by molar-refractivity contribution is 9.10. The molecule has 0 saturated heterocycles. The van der Waals surface area contributed by atoms with Gasteiger partial charge in [0, 0.05) is 10.5 Å². The number of nitrogens with zero attached hydrogens (tertiary/aromatic N) is 3. The van der Waals surface area contributed by atoms with Crippen molar-refractivity contribution in [3.8, 4) is 17.2 Å². The van der Waals surface area contributed by atoms with Crippen LogP contribution >= 0.6 is 15.9 Å². The number of non-ortho nitro benzene ring substituents is 1. The maximum Gasteiger partial charge on any atom is 0.318 e. The normalized spacial score (nSPS) is 10.7. The van der Waals surface area contributed by atoms with Crippen molar-refractivity contribution in [1.29, 1.82) is 0 Å². The number of nitrogens with one attached hydrogen (secondary N) is 1. The Hall–Kier alpha value is -4.32. The number of ether oxygens (including phenoxy) is 1. The van der Waals surface area contributed by atoms with E-state index in [4.69, 9.17) is 4.74 Å². The van der Waals surface area contributed by atoms with E-state index in [1.807, 2.05) is 0 Å². The molecule has 12 heteroatoms. The van der Waals surface area contributed by atoms with Crippen LogP contribution in [0.1, 0.15) is 15.9 Å². The van der Waals surface area contributed by atoms with E-state index >= 15 is 0 Å². The Kier molecular flexibility index (Phi) is 6.75. The molecule has 11 nitrogen and oxygen atoms in total. The van der Waals surface area contributed by atoms with Crippen molar-refractivity contribution < 1.29 is 24.5 Å². The minimum atomic E-state index is -0.769. The minimum Gasteiger partial charge on any atom is -0.507 e. The Labute approximate surface area is 188 Å². The number of amides is 1. The molecule has 3 aromatic rings. The Morgan fingerprint density at radius 1 is 1.03 bits per heavy atom. The van der Waals surface area contributed by atoms with Gasteiger partial charge in [-0.15, -0.1) is 0 Å². The number of hydrazone groups is 1. The number of carbonyl (C=O) groups is 1. The smallest absolute Gasteiger partial charge is 0.318 e. The number of hydrogen-bond acceptors (Lipinski definition) is 8. The summed E-state index contributed by atoms with van der Waals surface area (Å²) in [5, 5.41) is 35.6. The molecule has 0 aliphatic heterocycles. The SMILES string of the molecule is O=C(N/N=C/c1ccc(Oc2ccc([N+](=O)[O-])cc2[N+](=O)[O-])cc1)c1cc(Br)ccc1O. The predicted molar refractivity (Wildman–Crippen MR) is 117 cm³/mol. The number of benzene rings is 3. The zero-order chi connectivity index (χ0) is 23.3. The molecule has 0 radical (unpaired) electrons. The van der Waals surface area contributed by atoms with Crippen LogP contribution in [0.25, 0.3) is 0 Å². The third-order valence-corrected chi connectivity index (χ3v) is 4.53. The number of aromatic hydroxyl groups is 1. The summed E-state index contributed by atoms with van der Waals surface area (Å²) >= 11 is 3.21. The third-order valence-electron chi connectivity index (χ3n) is 4.04. The van der Waals surface area contributed by atoms with Crippen molar-refractivity contribution in [1.82, 2.24) is 5.43 Å². The second-order valence-corrected chi connectivity index (χ2v) is 7.11. The Bertz CT molecular complexity index is 1230. The summed E-state index contributed by atoms with van der Waals surface area (Å²) in [6, 6.07) is 13.7. The van der Waals surface area contributed by atoms with Crippen LogP contribution < -0.4 is 10.2 Å². The van der Waals surface area contributed by atoms with Gasteiger partial charge in [0.1, 0.15) is 11.5 Å². The van der Waals surface area contributed by atoms with Crippen molar-refractivity contribution in [2.24, 2.45) is 5.10 Å². The largest absolute Gasteiger partial charge is 0.507 e. The average molecular weight is 501 g/mol. The van der Waals surface area contributed by atoms with Crippen LogP contribution in [0.2, 0.25) is 0 Å². The minimum absolute atomic E-state index is 0.0463. The van der Waals surface area contributed by atoms with Gasteiger partial charge in [0.2, 0.25) is 5.75 Å². The van der Waals surface area contributed by atoms with Crippen molar-refractivity contribution in [3.05, 3.63) is 96.5 Å². The van der Waals surface area contributed by atoms with Gasteiger partial charge in [-0.1, -0.05) is 15.9 Å². The van der Waals surface area contributed by atoms with Crippen LogP contribution in [0, 0.1) is 20.2 Å². The Morgan fingerprint density at radius 3 is 2.41 bits per heavy atom. The van der Waals surface area contributed by atoms with Gasteiger partial charge in [0.25, 0.3) is 11.6 Å². The first-order valence-electron chi connectivity index (χ1n) is 8.77. The number of nitro benzene ring substituents is 2. The lowest BCUT2D eigenvalue weighted by atomic mass is 10.2. The molecule has 3 rings (SSSR count). The molecule has 0 heterocycles. The molecule has 0 saturated carbocycles. The highest BCUT2D eigenvalue weighted by atomic mass is 79.9. The molecular formula is C20H13BrN4O7. The van der Waals surface area contributed by atoms with Gasteiger partial charge in [0.05, 0.1) is 27.7 Å². The highest BCUT2D eigenvalue weighted by Gasteiger charge is 2.21. The fourth-order valence-electron chi connectivity index (χ4n) is 2.51. The molecule has 32 heavy (non-hydrogen) atoms. The fourth-order valence-corrected chi connectivity index (χ4v) is 2.87. The fraction of sp³-hybridized carbons (Fsp3) is 0. The quantitative estimate of drug-likeness (QED) is 0.274. The van der Waals surface area contributed by atoms with Gasteiger partial charge >= 0.3 is 5.69 Å². The summed E-state index contributed by atoms with van der Waals surface area (Å²) in [4.78, 5) is 32.6. The van der Waals surface area contributed by atoms with Gasteiger partial charge in [-0.3, -0.25) is 25.0 Å². The van der Waals surface area contributed by atoms with Crippen LogP contribution in [-0.4, -0.2) is 27.1 Å². The Balaban J connectivity index is 1.68. The Morgan fingerprint density at radius 2 is 1.75 bits per heavy atom. The number of carbonyl (C=O) groups excluding carboxylic acids is 1. The summed E-state index contributed by atoms with van der Waals surface area (Å²) < 4.78 is 6.09. The summed E-state index contributed by atoms with van der Waals surface area (Å²) in [6.45, 7) is 0. The van der Waals surface area contributed by atoms with Gasteiger partial charge in [0.15, 0.2) is 0 Å². The average Bonchev–Trinajstić information content (AvgIpc) is 2.76.